The Kier molecular flexibility index (Phi) is 6.48. The number of anilines is 2. The Bertz CT molecular complexity index is 638. The first-order valence-electron chi connectivity index (χ1n) is 8.51. The van der Waals surface area contributed by atoms with Gasteiger partial charge in [-0.15, -0.1) is 0 Å². The van der Waals surface area contributed by atoms with E-state index in [1.165, 1.54) is 19.3 Å². The molecule has 1 amide bonds. The lowest BCUT2D eigenvalue weighted by Crippen LogP contribution is -2.40. The van der Waals surface area contributed by atoms with Gasteiger partial charge in [0.25, 0.3) is 0 Å². The van der Waals surface area contributed by atoms with E-state index in [0.717, 1.165) is 35.8 Å². The van der Waals surface area contributed by atoms with Crippen molar-refractivity contribution in [2.45, 2.75) is 32.6 Å². The second-order valence-corrected chi connectivity index (χ2v) is 8.09. The molecule has 6 nitrogen and oxygen atoms in total. The fourth-order valence-corrected chi connectivity index (χ4v) is 3.69. The lowest BCUT2D eigenvalue weighted by Gasteiger charge is -2.29. The zero-order valence-electron chi connectivity index (χ0n) is 14.5. The van der Waals surface area contributed by atoms with Gasteiger partial charge in [-0.25, -0.2) is 8.42 Å². The van der Waals surface area contributed by atoms with E-state index in [0.29, 0.717) is 12.2 Å². The van der Waals surface area contributed by atoms with Crippen molar-refractivity contribution in [1.29, 1.82) is 0 Å². The Morgan fingerprint density at radius 3 is 2.33 bits per heavy atom. The molecule has 1 heterocycles. The Hall–Kier alpha value is -1.76. The maximum Gasteiger partial charge on any atom is 0.240 e. The van der Waals surface area contributed by atoms with Crippen molar-refractivity contribution in [2.75, 3.05) is 41.6 Å². The molecule has 0 unspecified atom stereocenters. The Labute approximate surface area is 144 Å². The fraction of sp³-hybridized carbons (Fsp3) is 0.588. The van der Waals surface area contributed by atoms with Crippen LogP contribution in [-0.2, 0) is 14.8 Å². The molecule has 1 aromatic carbocycles. The van der Waals surface area contributed by atoms with Crippen LogP contribution in [0.3, 0.4) is 0 Å². The van der Waals surface area contributed by atoms with E-state index < -0.39 is 10.0 Å². The SMILES string of the molecule is CCCNC(=O)CN(c1ccc(N2CCCCC2)cc1)S(C)(=O)=O. The molecule has 0 bridgehead atoms. The van der Waals surface area contributed by atoms with Crippen molar-refractivity contribution in [2.24, 2.45) is 0 Å². The van der Waals surface area contributed by atoms with Gasteiger partial charge in [-0.2, -0.15) is 0 Å². The third kappa shape index (κ3) is 5.12. The number of benzene rings is 1. The molecule has 0 radical (unpaired) electrons. The van der Waals surface area contributed by atoms with E-state index in [-0.39, 0.29) is 12.5 Å². The molecule has 134 valence electrons. The summed E-state index contributed by atoms with van der Waals surface area (Å²) in [7, 11) is -3.52. The highest BCUT2D eigenvalue weighted by atomic mass is 32.2. The molecule has 2 rings (SSSR count). The zero-order valence-corrected chi connectivity index (χ0v) is 15.3. The number of amides is 1. The molecule has 1 fully saturated rings. The van der Waals surface area contributed by atoms with Crippen LogP contribution in [0.1, 0.15) is 32.6 Å². The standard InChI is InChI=1S/C17H27N3O3S/c1-3-11-18-17(21)14-20(24(2,22)23)16-9-7-15(8-10-16)19-12-5-4-6-13-19/h7-10H,3-6,11-14H2,1-2H3,(H,18,21). The molecule has 1 saturated heterocycles. The number of rotatable bonds is 7. The predicted octanol–water partition coefficient (Wildman–Crippen LogP) is 1.97. The summed E-state index contributed by atoms with van der Waals surface area (Å²) in [6, 6.07) is 7.42. The maximum absolute atomic E-state index is 12.1. The highest BCUT2D eigenvalue weighted by Gasteiger charge is 2.21. The average molecular weight is 353 g/mol. The van der Waals surface area contributed by atoms with Crippen LogP contribution < -0.4 is 14.5 Å². The fourth-order valence-electron chi connectivity index (χ4n) is 2.83. The van der Waals surface area contributed by atoms with Crippen LogP contribution in [0, 0.1) is 0 Å². The molecule has 1 aliphatic rings. The summed E-state index contributed by atoms with van der Waals surface area (Å²) in [6.45, 7) is 4.38. The smallest absolute Gasteiger partial charge is 0.240 e. The lowest BCUT2D eigenvalue weighted by molar-refractivity contribution is -0.119. The van der Waals surface area contributed by atoms with Gasteiger partial charge in [0.2, 0.25) is 15.9 Å². The van der Waals surface area contributed by atoms with Gasteiger partial charge in [0.15, 0.2) is 0 Å². The maximum atomic E-state index is 12.1. The second kappa shape index (κ2) is 8.37. The minimum atomic E-state index is -3.52. The molecule has 0 spiro atoms. The molecular weight excluding hydrogens is 326 g/mol. The number of piperidine rings is 1. The average Bonchev–Trinajstić information content (AvgIpc) is 2.58. The van der Waals surface area contributed by atoms with Gasteiger partial charge in [-0.3, -0.25) is 9.10 Å². The summed E-state index contributed by atoms with van der Waals surface area (Å²) in [5.74, 6) is -0.289. The first-order valence-corrected chi connectivity index (χ1v) is 10.4. The molecule has 1 aromatic rings. The number of nitrogens with one attached hydrogen (secondary N) is 1. The summed E-state index contributed by atoms with van der Waals surface area (Å²) in [5.41, 5.74) is 1.62. The van der Waals surface area contributed by atoms with E-state index >= 15 is 0 Å². The third-order valence-electron chi connectivity index (χ3n) is 4.12. The first-order chi connectivity index (χ1) is 11.4. The number of hydrogen-bond donors (Lipinski definition) is 1. The summed E-state index contributed by atoms with van der Waals surface area (Å²) in [4.78, 5) is 14.2. The van der Waals surface area contributed by atoms with Gasteiger partial charge < -0.3 is 10.2 Å². The molecule has 0 aliphatic carbocycles. The highest BCUT2D eigenvalue weighted by Crippen LogP contribution is 2.24. The number of hydrogen-bond acceptors (Lipinski definition) is 4. The van der Waals surface area contributed by atoms with Gasteiger partial charge in [0.05, 0.1) is 11.9 Å². The van der Waals surface area contributed by atoms with Gasteiger partial charge in [0.1, 0.15) is 6.54 Å². The van der Waals surface area contributed by atoms with Crippen LogP contribution in [0.5, 0.6) is 0 Å². The zero-order chi connectivity index (χ0) is 17.6. The van der Waals surface area contributed by atoms with E-state index in [4.69, 9.17) is 0 Å². The third-order valence-corrected chi connectivity index (χ3v) is 5.26. The molecular formula is C17H27N3O3S. The van der Waals surface area contributed by atoms with Crippen LogP contribution >= 0.6 is 0 Å². The van der Waals surface area contributed by atoms with Crippen molar-refractivity contribution < 1.29 is 13.2 Å². The Morgan fingerprint density at radius 1 is 1.17 bits per heavy atom. The summed E-state index contributed by atoms with van der Waals surface area (Å²) < 4.78 is 25.3. The molecule has 7 heteroatoms. The van der Waals surface area contributed by atoms with Crippen molar-refractivity contribution in [3.63, 3.8) is 0 Å². The molecule has 1 aliphatic heterocycles. The summed E-state index contributed by atoms with van der Waals surface area (Å²) in [5, 5.41) is 2.71. The summed E-state index contributed by atoms with van der Waals surface area (Å²) >= 11 is 0. The predicted molar refractivity (Wildman–Crippen MR) is 98.0 cm³/mol. The highest BCUT2D eigenvalue weighted by molar-refractivity contribution is 7.92. The molecule has 0 atom stereocenters. The van der Waals surface area contributed by atoms with Gasteiger partial charge in [-0.05, 0) is 49.9 Å². The number of sulfonamides is 1. The quantitative estimate of drug-likeness (QED) is 0.814. The number of carbonyl (C=O) groups is 1. The van der Waals surface area contributed by atoms with E-state index in [1.807, 2.05) is 19.1 Å². The van der Waals surface area contributed by atoms with Crippen molar-refractivity contribution in [1.82, 2.24) is 5.32 Å². The Balaban J connectivity index is 2.13. The van der Waals surface area contributed by atoms with Crippen LogP contribution in [0.2, 0.25) is 0 Å². The monoisotopic (exact) mass is 353 g/mol. The van der Waals surface area contributed by atoms with Gasteiger partial charge in [0, 0.05) is 25.3 Å². The first kappa shape index (κ1) is 18.6. The van der Waals surface area contributed by atoms with E-state index in [9.17, 15) is 13.2 Å². The van der Waals surface area contributed by atoms with Gasteiger partial charge in [-0.1, -0.05) is 6.92 Å². The lowest BCUT2D eigenvalue weighted by atomic mass is 10.1. The van der Waals surface area contributed by atoms with E-state index in [1.54, 1.807) is 12.1 Å². The van der Waals surface area contributed by atoms with Crippen molar-refractivity contribution in [3.8, 4) is 0 Å². The van der Waals surface area contributed by atoms with Crippen LogP contribution in [0.4, 0.5) is 11.4 Å². The normalized spacial score (nSPS) is 15.2. The number of nitrogens with zero attached hydrogens (tertiary/aromatic N) is 2. The molecule has 0 saturated carbocycles. The molecule has 0 aromatic heterocycles. The largest absolute Gasteiger partial charge is 0.372 e. The van der Waals surface area contributed by atoms with Crippen molar-refractivity contribution >= 4 is 27.3 Å². The van der Waals surface area contributed by atoms with Crippen LogP contribution in [-0.4, -0.2) is 46.8 Å². The summed E-state index contributed by atoms with van der Waals surface area (Å²) in [6.07, 6.45) is 5.58. The van der Waals surface area contributed by atoms with Crippen LogP contribution in [0.25, 0.3) is 0 Å². The molecule has 1 N–H and O–H groups in total. The molecule has 24 heavy (non-hydrogen) atoms. The van der Waals surface area contributed by atoms with Crippen LogP contribution in [0.15, 0.2) is 24.3 Å². The minimum absolute atomic E-state index is 0.193. The van der Waals surface area contributed by atoms with Crippen molar-refractivity contribution in [3.05, 3.63) is 24.3 Å². The van der Waals surface area contributed by atoms with E-state index in [2.05, 4.69) is 10.2 Å². The Morgan fingerprint density at radius 2 is 1.79 bits per heavy atom. The topological polar surface area (TPSA) is 69.7 Å². The number of carbonyl (C=O) groups excluding carboxylic acids is 1. The second-order valence-electron chi connectivity index (χ2n) is 6.18. The van der Waals surface area contributed by atoms with Gasteiger partial charge >= 0.3 is 0 Å². The minimum Gasteiger partial charge on any atom is -0.372 e.